The van der Waals surface area contributed by atoms with Crippen molar-refractivity contribution >= 4 is 45.2 Å². The molecule has 0 aromatic carbocycles. The summed E-state index contributed by atoms with van der Waals surface area (Å²) in [5.41, 5.74) is -2.18. The highest BCUT2D eigenvalue weighted by atomic mass is 127. The SMILES string of the molecule is C#CC(F)(F)C1(CC)N=N1.C#CC1(CI)N=N1.C#CCC1(CC)N=N1.C#CCCC1(CCI)N=N1. The second kappa shape index (κ2) is 13.3. The van der Waals surface area contributed by atoms with Crippen molar-refractivity contribution in [2.45, 2.75) is 80.9 Å². The Labute approximate surface area is 232 Å². The molecule has 0 N–H and O–H groups in total. The van der Waals surface area contributed by atoms with E-state index in [2.05, 4.69) is 110 Å². The normalized spacial score (nSPS) is 19.8. The second-order valence-electron chi connectivity index (χ2n) is 7.63. The van der Waals surface area contributed by atoms with Crippen LogP contribution in [0.25, 0.3) is 0 Å². The molecular formula is C23H26F2I2N8. The number of hydrogen-bond acceptors (Lipinski definition) is 8. The van der Waals surface area contributed by atoms with Crippen LogP contribution >= 0.6 is 45.2 Å². The molecule has 0 bridgehead atoms. The fourth-order valence-electron chi connectivity index (χ4n) is 2.27. The standard InChI is InChI=1S/C7H9IN2.C6H6F2N2.C6H8N2.C4H3IN2/c1-2-3-4-7(5-6-8)9-10-7;1-3-5(7,8)6(4-2)9-10-6;1-3-5-6(4-2)7-8-6;1-2-4(3-5)6-7-4/h1H,3-6H2;1H,4H2,2H3;1H,4-5H2,2H3;1H,3H2. The predicted octanol–water partition coefficient (Wildman–Crippen LogP) is 7.01. The van der Waals surface area contributed by atoms with Gasteiger partial charge in [0.15, 0.2) is 5.66 Å². The molecule has 4 heterocycles. The van der Waals surface area contributed by atoms with E-state index in [-0.39, 0.29) is 17.7 Å². The first kappa shape index (κ1) is 31.0. The lowest BCUT2D eigenvalue weighted by Gasteiger charge is -2.13. The van der Waals surface area contributed by atoms with Crippen LogP contribution in [0.15, 0.2) is 40.9 Å². The number of hydrogen-bond donors (Lipinski definition) is 0. The van der Waals surface area contributed by atoms with Crippen molar-refractivity contribution in [1.29, 1.82) is 0 Å². The minimum Gasteiger partial charge on any atom is -0.187 e. The first-order valence-electron chi connectivity index (χ1n) is 10.6. The molecule has 12 heteroatoms. The molecule has 4 aliphatic rings. The molecule has 0 fully saturated rings. The number of halogens is 4. The summed E-state index contributed by atoms with van der Waals surface area (Å²) in [6, 6.07) is 0. The van der Waals surface area contributed by atoms with Crippen molar-refractivity contribution in [1.82, 2.24) is 0 Å². The van der Waals surface area contributed by atoms with Crippen LogP contribution in [-0.4, -0.2) is 37.4 Å². The second-order valence-corrected chi connectivity index (χ2v) is 9.47. The third-order valence-electron chi connectivity index (χ3n) is 5.16. The Morgan fingerprint density at radius 3 is 1.51 bits per heavy atom. The van der Waals surface area contributed by atoms with E-state index >= 15 is 0 Å². The minimum atomic E-state index is -3.21. The van der Waals surface area contributed by atoms with Gasteiger partial charge in [0.05, 0.1) is 10.8 Å². The van der Waals surface area contributed by atoms with Crippen LogP contribution in [-0.2, 0) is 0 Å². The van der Waals surface area contributed by atoms with Crippen molar-refractivity contribution in [2.75, 3.05) is 8.86 Å². The molecule has 0 aliphatic carbocycles. The molecule has 0 atom stereocenters. The summed E-state index contributed by atoms with van der Waals surface area (Å²) in [4.78, 5) is 0. The van der Waals surface area contributed by atoms with E-state index in [0.717, 1.165) is 34.5 Å². The maximum absolute atomic E-state index is 12.6. The van der Waals surface area contributed by atoms with Gasteiger partial charge in [-0.3, -0.25) is 0 Å². The van der Waals surface area contributed by atoms with Gasteiger partial charge in [-0.25, -0.2) is 0 Å². The molecule has 0 spiro atoms. The summed E-state index contributed by atoms with van der Waals surface area (Å²) >= 11 is 4.50. The highest BCUT2D eigenvalue weighted by Crippen LogP contribution is 2.45. The van der Waals surface area contributed by atoms with E-state index < -0.39 is 17.2 Å². The molecule has 35 heavy (non-hydrogen) atoms. The molecule has 4 aliphatic heterocycles. The van der Waals surface area contributed by atoms with Crippen LogP contribution in [0.5, 0.6) is 0 Å². The van der Waals surface area contributed by atoms with Crippen molar-refractivity contribution < 1.29 is 8.78 Å². The van der Waals surface area contributed by atoms with Gasteiger partial charge in [-0.1, -0.05) is 59.0 Å². The van der Waals surface area contributed by atoms with Gasteiger partial charge in [0.2, 0.25) is 5.66 Å². The number of alkyl halides is 4. The van der Waals surface area contributed by atoms with Crippen molar-refractivity contribution in [3.63, 3.8) is 0 Å². The molecule has 0 amide bonds. The zero-order valence-electron chi connectivity index (χ0n) is 19.6. The van der Waals surface area contributed by atoms with E-state index in [1.807, 2.05) is 6.92 Å². The van der Waals surface area contributed by atoms with Crippen LogP contribution in [0.3, 0.4) is 0 Å². The van der Waals surface area contributed by atoms with Gasteiger partial charge in [-0.15, -0.1) is 47.8 Å². The third kappa shape index (κ3) is 9.50. The van der Waals surface area contributed by atoms with E-state index in [1.165, 1.54) is 5.92 Å². The van der Waals surface area contributed by atoms with Gasteiger partial charge >= 0.3 is 5.92 Å². The van der Waals surface area contributed by atoms with Gasteiger partial charge in [-0.2, -0.15) is 39.5 Å². The monoisotopic (exact) mass is 706 g/mol. The summed E-state index contributed by atoms with van der Waals surface area (Å²) in [5, 5.41) is 29.4. The molecule has 4 rings (SSSR count). The predicted molar refractivity (Wildman–Crippen MR) is 147 cm³/mol. The largest absolute Gasteiger partial charge is 0.355 e. The lowest BCUT2D eigenvalue weighted by molar-refractivity contribution is 0.0149. The lowest BCUT2D eigenvalue weighted by Crippen LogP contribution is -2.34. The maximum Gasteiger partial charge on any atom is 0.355 e. The van der Waals surface area contributed by atoms with Gasteiger partial charge in [0, 0.05) is 30.1 Å². The quantitative estimate of drug-likeness (QED) is 0.140. The Bertz CT molecular complexity index is 1000. The molecule has 0 aromatic heterocycles. The summed E-state index contributed by atoms with van der Waals surface area (Å²) < 4.78 is 27.1. The first-order chi connectivity index (χ1) is 16.6. The highest BCUT2D eigenvalue weighted by Gasteiger charge is 2.60. The zero-order chi connectivity index (χ0) is 26.6. The molecular weight excluding hydrogens is 680 g/mol. The van der Waals surface area contributed by atoms with Crippen LogP contribution in [0.2, 0.25) is 0 Å². The summed E-state index contributed by atoms with van der Waals surface area (Å²) in [6.45, 7) is 3.61. The van der Waals surface area contributed by atoms with Gasteiger partial charge in [-0.05, 0) is 18.3 Å². The van der Waals surface area contributed by atoms with E-state index in [9.17, 15) is 8.78 Å². The topological polar surface area (TPSA) is 98.9 Å². The highest BCUT2D eigenvalue weighted by molar-refractivity contribution is 14.1. The zero-order valence-corrected chi connectivity index (χ0v) is 23.9. The van der Waals surface area contributed by atoms with E-state index in [4.69, 9.17) is 19.3 Å². The summed E-state index contributed by atoms with van der Waals surface area (Å²) in [7, 11) is 0. The van der Waals surface area contributed by atoms with Gasteiger partial charge < -0.3 is 0 Å². The Morgan fingerprint density at radius 2 is 1.34 bits per heavy atom. The maximum atomic E-state index is 12.6. The Hall–Kier alpha value is -2.04. The molecule has 0 saturated carbocycles. The Balaban J connectivity index is 0.000000236. The Kier molecular flexibility index (Phi) is 11.8. The molecule has 186 valence electrons. The number of terminal acetylenes is 4. The van der Waals surface area contributed by atoms with Crippen LogP contribution in [0.1, 0.15) is 52.4 Å². The number of nitrogens with zero attached hydrogens (tertiary/aromatic N) is 8. The van der Waals surface area contributed by atoms with Crippen LogP contribution in [0, 0.1) is 49.4 Å². The van der Waals surface area contributed by atoms with Gasteiger partial charge in [0.25, 0.3) is 11.3 Å². The van der Waals surface area contributed by atoms with Gasteiger partial charge in [0.1, 0.15) is 0 Å². The van der Waals surface area contributed by atoms with Crippen LogP contribution < -0.4 is 0 Å². The molecule has 0 aromatic rings. The third-order valence-corrected chi connectivity index (χ3v) is 6.76. The molecule has 0 saturated heterocycles. The van der Waals surface area contributed by atoms with Crippen LogP contribution in [0.4, 0.5) is 8.78 Å². The van der Waals surface area contributed by atoms with E-state index in [0.29, 0.717) is 6.42 Å². The smallest absolute Gasteiger partial charge is 0.187 e. The molecule has 0 unspecified atom stereocenters. The average molecular weight is 706 g/mol. The molecule has 8 nitrogen and oxygen atoms in total. The molecule has 0 radical (unpaired) electrons. The fourth-order valence-corrected chi connectivity index (χ4v) is 3.65. The minimum absolute atomic E-state index is 0.0481. The van der Waals surface area contributed by atoms with Crippen molar-refractivity contribution in [2.24, 2.45) is 40.9 Å². The first-order valence-corrected chi connectivity index (χ1v) is 13.7. The summed E-state index contributed by atoms with van der Waals surface area (Å²) in [6.07, 6.45) is 24.4. The van der Waals surface area contributed by atoms with Crippen molar-refractivity contribution in [3.05, 3.63) is 0 Å². The number of rotatable bonds is 9. The average Bonchev–Trinajstić information content (AvgIpc) is 3.72. The lowest BCUT2D eigenvalue weighted by atomic mass is 10.0. The fraction of sp³-hybridized carbons (Fsp3) is 0.652. The summed E-state index contributed by atoms with van der Waals surface area (Å²) in [5.74, 6) is 5.76. The van der Waals surface area contributed by atoms with E-state index in [1.54, 1.807) is 6.92 Å². The Morgan fingerprint density at radius 1 is 0.771 bits per heavy atom. The van der Waals surface area contributed by atoms with Crippen molar-refractivity contribution in [3.8, 4) is 49.4 Å².